The number of hydrogen-bond acceptors (Lipinski definition) is 5. The molecular weight excluding hydrogens is 375 g/mol. The van der Waals surface area contributed by atoms with Crippen LogP contribution in [0.3, 0.4) is 0 Å². The summed E-state index contributed by atoms with van der Waals surface area (Å²) in [6.45, 7) is 9.85. The lowest BCUT2D eigenvalue weighted by atomic mass is 10.3. The van der Waals surface area contributed by atoms with Gasteiger partial charge in [-0.25, -0.2) is 4.98 Å². The van der Waals surface area contributed by atoms with Crippen molar-refractivity contribution in [2.75, 3.05) is 64.3 Å². The first-order chi connectivity index (χ1) is 12.7. The predicted molar refractivity (Wildman–Crippen MR) is 109 cm³/mol. The molecule has 2 rings (SSSR count). The molecule has 1 aromatic heterocycles. The molecule has 1 saturated heterocycles. The lowest BCUT2D eigenvalue weighted by Gasteiger charge is -2.26. The van der Waals surface area contributed by atoms with Gasteiger partial charge in [0.25, 0.3) is 0 Å². The molecule has 7 nitrogen and oxygen atoms in total. The molecule has 1 aliphatic rings. The Morgan fingerprint density at radius 2 is 2.08 bits per heavy atom. The number of anilines is 1. The van der Waals surface area contributed by atoms with Crippen molar-refractivity contribution in [3.8, 4) is 0 Å². The fourth-order valence-electron chi connectivity index (χ4n) is 2.56. The number of guanidine groups is 1. The fourth-order valence-corrected chi connectivity index (χ4v) is 3.01. The molecule has 0 radical (unpaired) electrons. The van der Waals surface area contributed by atoms with E-state index in [9.17, 15) is 0 Å². The molecule has 2 heterocycles. The largest absolute Gasteiger partial charge is 0.379 e. The number of aromatic nitrogens is 1. The molecule has 146 valence electrons. The molecule has 0 amide bonds. The third-order valence-electron chi connectivity index (χ3n) is 3.87. The van der Waals surface area contributed by atoms with Crippen molar-refractivity contribution in [3.63, 3.8) is 0 Å². The summed E-state index contributed by atoms with van der Waals surface area (Å²) < 4.78 is 5.36. The first kappa shape index (κ1) is 21.0. The van der Waals surface area contributed by atoms with Crippen molar-refractivity contribution in [3.05, 3.63) is 22.3 Å². The van der Waals surface area contributed by atoms with Gasteiger partial charge in [0.2, 0.25) is 0 Å². The van der Waals surface area contributed by atoms with Crippen LogP contribution in [0.15, 0.2) is 17.3 Å². The predicted octanol–water partition coefficient (Wildman–Crippen LogP) is 2.08. The smallest absolute Gasteiger partial charge is 0.191 e. The summed E-state index contributed by atoms with van der Waals surface area (Å²) in [4.78, 5) is 11.2. The highest BCUT2D eigenvalue weighted by Gasteiger charge is 2.09. The van der Waals surface area contributed by atoms with E-state index in [0.717, 1.165) is 58.3 Å². The fraction of sp³-hybridized carbons (Fsp3) is 0.647. The maximum absolute atomic E-state index is 6.09. The maximum Gasteiger partial charge on any atom is 0.191 e. The van der Waals surface area contributed by atoms with E-state index in [1.165, 1.54) is 0 Å². The third-order valence-corrected chi connectivity index (χ3v) is 4.36. The van der Waals surface area contributed by atoms with Gasteiger partial charge in [-0.3, -0.25) is 9.89 Å². The minimum absolute atomic E-state index is 0.515. The van der Waals surface area contributed by atoms with Crippen LogP contribution in [-0.2, 0) is 4.74 Å². The highest BCUT2D eigenvalue weighted by Crippen LogP contribution is 2.21. The number of nitrogens with zero attached hydrogens (tertiary/aromatic N) is 3. The van der Waals surface area contributed by atoms with E-state index >= 15 is 0 Å². The monoisotopic (exact) mass is 402 g/mol. The molecule has 0 aliphatic carbocycles. The summed E-state index contributed by atoms with van der Waals surface area (Å²) in [5.74, 6) is 1.46. The van der Waals surface area contributed by atoms with Crippen LogP contribution in [0.1, 0.15) is 13.3 Å². The van der Waals surface area contributed by atoms with Gasteiger partial charge in [-0.05, 0) is 19.4 Å². The van der Waals surface area contributed by atoms with Crippen LogP contribution < -0.4 is 16.0 Å². The van der Waals surface area contributed by atoms with E-state index in [1.54, 1.807) is 12.3 Å². The second-order valence-corrected chi connectivity index (χ2v) is 6.75. The number of morpholine rings is 1. The summed E-state index contributed by atoms with van der Waals surface area (Å²) in [6.07, 6.45) is 2.61. The van der Waals surface area contributed by atoms with Gasteiger partial charge in [0.05, 0.1) is 23.3 Å². The van der Waals surface area contributed by atoms with Crippen LogP contribution in [0, 0.1) is 0 Å². The van der Waals surface area contributed by atoms with Crippen molar-refractivity contribution in [2.45, 2.75) is 13.3 Å². The van der Waals surface area contributed by atoms with Gasteiger partial charge >= 0.3 is 0 Å². The molecule has 0 aromatic carbocycles. The molecular formula is C17H28Cl2N6O. The zero-order valence-corrected chi connectivity index (χ0v) is 16.7. The molecule has 0 saturated carbocycles. The van der Waals surface area contributed by atoms with E-state index < -0.39 is 0 Å². The van der Waals surface area contributed by atoms with Gasteiger partial charge in [-0.2, -0.15) is 0 Å². The minimum Gasteiger partial charge on any atom is -0.379 e. The van der Waals surface area contributed by atoms with E-state index in [-0.39, 0.29) is 0 Å². The number of rotatable bonds is 9. The van der Waals surface area contributed by atoms with E-state index in [4.69, 9.17) is 27.9 Å². The van der Waals surface area contributed by atoms with Crippen LogP contribution >= 0.6 is 23.2 Å². The highest BCUT2D eigenvalue weighted by atomic mass is 35.5. The first-order valence-corrected chi connectivity index (χ1v) is 9.82. The van der Waals surface area contributed by atoms with Crippen LogP contribution in [0.2, 0.25) is 10.0 Å². The number of pyridine rings is 1. The Morgan fingerprint density at radius 1 is 1.27 bits per heavy atom. The van der Waals surface area contributed by atoms with Crippen molar-refractivity contribution < 1.29 is 4.74 Å². The molecule has 1 aliphatic heterocycles. The van der Waals surface area contributed by atoms with E-state index in [2.05, 4.69) is 37.8 Å². The molecule has 3 N–H and O–H groups in total. The lowest BCUT2D eigenvalue weighted by molar-refractivity contribution is 0.0377. The molecule has 9 heteroatoms. The Labute approximate surface area is 165 Å². The summed E-state index contributed by atoms with van der Waals surface area (Å²) in [5, 5.41) is 10.8. The normalized spacial score (nSPS) is 15.7. The Balaban J connectivity index is 1.66. The van der Waals surface area contributed by atoms with Gasteiger partial charge in [0.15, 0.2) is 5.96 Å². The SMILES string of the molecule is CCNC(=NCCCN1CCOCC1)NCCNc1ncc(Cl)cc1Cl. The van der Waals surface area contributed by atoms with Crippen LogP contribution in [-0.4, -0.2) is 74.9 Å². The van der Waals surface area contributed by atoms with Crippen molar-refractivity contribution >= 4 is 35.0 Å². The second-order valence-electron chi connectivity index (χ2n) is 5.91. The zero-order chi connectivity index (χ0) is 18.6. The molecule has 0 atom stereocenters. The molecule has 0 unspecified atom stereocenters. The topological polar surface area (TPSA) is 73.8 Å². The van der Waals surface area contributed by atoms with E-state index in [0.29, 0.717) is 29.0 Å². The first-order valence-electron chi connectivity index (χ1n) is 9.06. The lowest BCUT2D eigenvalue weighted by Crippen LogP contribution is -2.40. The number of hydrogen-bond donors (Lipinski definition) is 3. The summed E-state index contributed by atoms with van der Waals surface area (Å²) in [6, 6.07) is 1.67. The molecule has 26 heavy (non-hydrogen) atoms. The standard InChI is InChI=1S/C17H28Cl2N6O/c1-2-20-17(22-4-3-7-25-8-10-26-11-9-25)23-6-5-21-16-15(19)12-14(18)13-24-16/h12-13H,2-11H2,1H3,(H,21,24)(H2,20,22,23). The Kier molecular flexibility index (Phi) is 9.84. The molecule has 1 aromatic rings. The van der Waals surface area contributed by atoms with Crippen molar-refractivity contribution in [1.29, 1.82) is 0 Å². The second kappa shape index (κ2) is 12.2. The Bertz CT molecular complexity index is 566. The van der Waals surface area contributed by atoms with Gasteiger partial charge in [-0.1, -0.05) is 23.2 Å². The zero-order valence-electron chi connectivity index (χ0n) is 15.2. The molecule has 0 bridgehead atoms. The number of nitrogens with one attached hydrogen (secondary N) is 3. The Morgan fingerprint density at radius 3 is 2.81 bits per heavy atom. The number of halogens is 2. The van der Waals surface area contributed by atoms with Crippen LogP contribution in [0.25, 0.3) is 0 Å². The third kappa shape index (κ3) is 7.95. The number of aliphatic imine (C=N–C) groups is 1. The average molecular weight is 403 g/mol. The van der Waals surface area contributed by atoms with Crippen LogP contribution in [0.5, 0.6) is 0 Å². The quantitative estimate of drug-likeness (QED) is 0.333. The van der Waals surface area contributed by atoms with Crippen LogP contribution in [0.4, 0.5) is 5.82 Å². The van der Waals surface area contributed by atoms with E-state index in [1.807, 2.05) is 0 Å². The Hall–Kier alpha value is -1.28. The van der Waals surface area contributed by atoms with Crippen molar-refractivity contribution in [2.24, 2.45) is 4.99 Å². The molecule has 0 spiro atoms. The van der Waals surface area contributed by atoms with Gasteiger partial charge in [0.1, 0.15) is 5.82 Å². The van der Waals surface area contributed by atoms with Gasteiger partial charge in [-0.15, -0.1) is 0 Å². The summed E-state index contributed by atoms with van der Waals surface area (Å²) >= 11 is 11.9. The van der Waals surface area contributed by atoms with Crippen molar-refractivity contribution in [1.82, 2.24) is 20.5 Å². The summed E-state index contributed by atoms with van der Waals surface area (Å²) in [7, 11) is 0. The average Bonchev–Trinajstić information content (AvgIpc) is 2.64. The maximum atomic E-state index is 6.09. The van der Waals surface area contributed by atoms with Gasteiger partial charge < -0.3 is 20.7 Å². The van der Waals surface area contributed by atoms with Gasteiger partial charge in [0, 0.05) is 52.0 Å². The highest BCUT2D eigenvalue weighted by molar-refractivity contribution is 6.35. The molecule has 1 fully saturated rings. The minimum atomic E-state index is 0.515. The summed E-state index contributed by atoms with van der Waals surface area (Å²) in [5.41, 5.74) is 0. The number of ether oxygens (including phenoxy) is 1.